The maximum atomic E-state index is 12.4. The summed E-state index contributed by atoms with van der Waals surface area (Å²) in [4.78, 5) is 4.26. The van der Waals surface area contributed by atoms with Gasteiger partial charge in [0.05, 0.1) is 23.9 Å². The lowest BCUT2D eigenvalue weighted by molar-refractivity contribution is 0.0649. The van der Waals surface area contributed by atoms with E-state index in [2.05, 4.69) is 20.5 Å². The van der Waals surface area contributed by atoms with Crippen molar-refractivity contribution < 1.29 is 9.84 Å². The summed E-state index contributed by atoms with van der Waals surface area (Å²) in [6.45, 7) is 0.206. The van der Waals surface area contributed by atoms with Crippen LogP contribution in [0.25, 0.3) is 5.69 Å². The molecule has 0 fully saturated rings. The molecule has 1 aliphatic heterocycles. The van der Waals surface area contributed by atoms with Crippen molar-refractivity contribution in [2.24, 2.45) is 7.05 Å². The van der Waals surface area contributed by atoms with Crippen LogP contribution in [0.1, 0.15) is 39.9 Å². The average molecular weight is 519 g/mol. The molecule has 0 saturated carbocycles. The summed E-state index contributed by atoms with van der Waals surface area (Å²) in [6.07, 6.45) is 2.83. The van der Waals surface area contributed by atoms with E-state index in [9.17, 15) is 5.11 Å². The molecule has 6 rings (SSSR count). The molecular weight excluding hydrogens is 499 g/mol. The summed E-state index contributed by atoms with van der Waals surface area (Å²) in [5.41, 5.74) is 2.75. The van der Waals surface area contributed by atoms with E-state index in [0.717, 1.165) is 16.8 Å². The van der Waals surface area contributed by atoms with Gasteiger partial charge in [0, 0.05) is 22.7 Å². The zero-order valence-electron chi connectivity index (χ0n) is 19.1. The Morgan fingerprint density at radius 3 is 2.56 bits per heavy atom. The van der Waals surface area contributed by atoms with Gasteiger partial charge in [0.25, 0.3) is 0 Å². The molecule has 2 aromatic heterocycles. The van der Waals surface area contributed by atoms with Crippen LogP contribution in [0.4, 0.5) is 0 Å². The summed E-state index contributed by atoms with van der Waals surface area (Å²) in [5, 5.41) is 25.7. The monoisotopic (exact) mass is 518 g/mol. The third-order valence-corrected chi connectivity index (χ3v) is 6.96. The van der Waals surface area contributed by atoms with E-state index in [0.29, 0.717) is 32.7 Å². The molecule has 10 heteroatoms. The number of nitrogens with zero attached hydrogens (tertiary/aromatic N) is 6. The number of aliphatic hydroxyl groups is 1. The average Bonchev–Trinajstić information content (AvgIpc) is 3.50. The van der Waals surface area contributed by atoms with Crippen LogP contribution in [0.2, 0.25) is 10.0 Å². The number of hydrogen-bond acceptors (Lipinski definition) is 6. The van der Waals surface area contributed by atoms with E-state index < -0.39 is 11.7 Å². The number of rotatable bonds is 4. The third kappa shape index (κ3) is 3.70. The second-order valence-corrected chi connectivity index (χ2v) is 9.51. The van der Waals surface area contributed by atoms with Crippen LogP contribution in [-0.4, -0.2) is 34.9 Å². The lowest BCUT2D eigenvalue weighted by atomic mass is 9.82. The molecule has 0 aliphatic carbocycles. The van der Waals surface area contributed by atoms with Crippen molar-refractivity contribution in [1.29, 1.82) is 0 Å². The smallest absolute Gasteiger partial charge is 0.182 e. The number of ether oxygens (including phenoxy) is 1. The van der Waals surface area contributed by atoms with E-state index in [1.807, 2.05) is 61.6 Å². The largest absolute Gasteiger partial charge is 0.374 e. The minimum Gasteiger partial charge on any atom is -0.374 e. The third-order valence-electron chi connectivity index (χ3n) is 6.47. The number of aromatic nitrogens is 6. The zero-order valence-corrected chi connectivity index (χ0v) is 20.6. The highest BCUT2D eigenvalue weighted by molar-refractivity contribution is 6.30. The number of hydrogen-bond donors (Lipinski definition) is 1. The molecule has 1 N–H and O–H groups in total. The van der Waals surface area contributed by atoms with Crippen molar-refractivity contribution >= 4 is 23.2 Å². The second-order valence-electron chi connectivity index (χ2n) is 8.63. The van der Waals surface area contributed by atoms with Crippen molar-refractivity contribution in [2.75, 3.05) is 0 Å². The molecule has 180 valence electrons. The molecule has 3 aromatic carbocycles. The Bertz CT molecular complexity index is 1560. The maximum absolute atomic E-state index is 12.4. The fourth-order valence-electron chi connectivity index (χ4n) is 4.72. The Kier molecular flexibility index (Phi) is 5.61. The van der Waals surface area contributed by atoms with Crippen molar-refractivity contribution in [3.63, 3.8) is 0 Å². The normalized spacial score (nSPS) is 16.6. The molecule has 0 spiro atoms. The number of tetrazole rings is 1. The van der Waals surface area contributed by atoms with Crippen molar-refractivity contribution in [3.8, 4) is 5.69 Å². The van der Waals surface area contributed by atoms with Crippen molar-refractivity contribution in [2.45, 2.75) is 18.3 Å². The van der Waals surface area contributed by atoms with Crippen LogP contribution < -0.4 is 0 Å². The number of aryl methyl sites for hydroxylation is 1. The zero-order chi connectivity index (χ0) is 24.9. The molecule has 3 heterocycles. The molecule has 0 saturated heterocycles. The Morgan fingerprint density at radius 1 is 1.00 bits per heavy atom. The Labute approximate surface area is 216 Å². The lowest BCUT2D eigenvalue weighted by Gasteiger charge is -2.31. The van der Waals surface area contributed by atoms with E-state index >= 15 is 0 Å². The summed E-state index contributed by atoms with van der Waals surface area (Å²) >= 11 is 12.5. The van der Waals surface area contributed by atoms with Gasteiger partial charge in [-0.1, -0.05) is 53.5 Å². The standard InChI is InChI=1S/C26H20Cl2N6O2/c1-33-15-29-13-23(33)26(35,17-5-8-19(27)9-6-17)18-7-10-22-21(12-18)25(16-3-2-4-20(28)11-16)36-14-24-30-31-32-34(22)24/h2-13,15,25,35H,14H2,1H3. The van der Waals surface area contributed by atoms with Gasteiger partial charge in [0.15, 0.2) is 11.4 Å². The van der Waals surface area contributed by atoms with Crippen molar-refractivity contribution in [1.82, 2.24) is 29.8 Å². The number of benzene rings is 3. The molecule has 0 amide bonds. The molecule has 2 atom stereocenters. The van der Waals surface area contributed by atoms with Gasteiger partial charge in [-0.2, -0.15) is 4.68 Å². The molecule has 0 bridgehead atoms. The van der Waals surface area contributed by atoms with Crippen molar-refractivity contribution in [3.05, 3.63) is 123 Å². The first-order valence-corrected chi connectivity index (χ1v) is 11.9. The van der Waals surface area contributed by atoms with E-state index in [1.165, 1.54) is 0 Å². The van der Waals surface area contributed by atoms with Crippen LogP contribution in [0, 0.1) is 0 Å². The second kappa shape index (κ2) is 8.83. The van der Waals surface area contributed by atoms with Gasteiger partial charge >= 0.3 is 0 Å². The lowest BCUT2D eigenvalue weighted by Crippen LogP contribution is -2.31. The molecule has 2 unspecified atom stereocenters. The number of halogens is 2. The van der Waals surface area contributed by atoms with Gasteiger partial charge in [0.1, 0.15) is 12.7 Å². The van der Waals surface area contributed by atoms with E-state index in [-0.39, 0.29) is 6.61 Å². The van der Waals surface area contributed by atoms with Crippen LogP contribution in [0.15, 0.2) is 79.3 Å². The Hall–Kier alpha value is -3.56. The quantitative estimate of drug-likeness (QED) is 0.373. The van der Waals surface area contributed by atoms with Gasteiger partial charge in [0.2, 0.25) is 0 Å². The molecule has 1 aliphatic rings. The number of fused-ring (bicyclic) bond motifs is 3. The van der Waals surface area contributed by atoms with Crippen LogP contribution in [0.3, 0.4) is 0 Å². The molecule has 5 aromatic rings. The minimum atomic E-state index is -1.53. The predicted octanol–water partition coefficient (Wildman–Crippen LogP) is 4.61. The molecule has 36 heavy (non-hydrogen) atoms. The number of imidazole rings is 1. The van der Waals surface area contributed by atoms with E-state index in [4.69, 9.17) is 27.9 Å². The molecule has 0 radical (unpaired) electrons. The summed E-state index contributed by atoms with van der Waals surface area (Å²) < 4.78 is 9.78. The van der Waals surface area contributed by atoms with Gasteiger partial charge in [-0.05, 0) is 63.5 Å². The summed E-state index contributed by atoms with van der Waals surface area (Å²) in [6, 6.07) is 20.4. The highest BCUT2D eigenvalue weighted by Gasteiger charge is 2.38. The molecular formula is C26H20Cl2N6O2. The Morgan fingerprint density at radius 2 is 1.81 bits per heavy atom. The molecule has 8 nitrogen and oxygen atoms in total. The highest BCUT2D eigenvalue weighted by atomic mass is 35.5. The topological polar surface area (TPSA) is 90.9 Å². The summed E-state index contributed by atoms with van der Waals surface area (Å²) in [5.74, 6) is 0.577. The fraction of sp³-hybridized carbons (Fsp3) is 0.154. The highest BCUT2D eigenvalue weighted by Crippen LogP contribution is 2.41. The van der Waals surface area contributed by atoms with E-state index in [1.54, 1.807) is 33.9 Å². The van der Waals surface area contributed by atoms with Gasteiger partial charge in [-0.3, -0.25) is 0 Å². The first-order chi connectivity index (χ1) is 17.4. The SMILES string of the molecule is Cn1cncc1C(O)(c1ccc(Cl)cc1)c1ccc2c(c1)C(c1cccc(Cl)c1)OCc1nnnn1-2. The predicted molar refractivity (Wildman–Crippen MR) is 134 cm³/mol. The van der Waals surface area contributed by atoms with Gasteiger partial charge in [-0.15, -0.1) is 5.10 Å². The van der Waals surface area contributed by atoms with Crippen LogP contribution >= 0.6 is 23.2 Å². The first-order valence-electron chi connectivity index (χ1n) is 11.2. The summed E-state index contributed by atoms with van der Waals surface area (Å²) in [7, 11) is 1.85. The van der Waals surface area contributed by atoms with Gasteiger partial charge < -0.3 is 14.4 Å². The maximum Gasteiger partial charge on any atom is 0.182 e. The van der Waals surface area contributed by atoms with Crippen LogP contribution in [-0.2, 0) is 24.0 Å². The van der Waals surface area contributed by atoms with Crippen LogP contribution in [0.5, 0.6) is 0 Å². The Balaban J connectivity index is 1.60. The van der Waals surface area contributed by atoms with Gasteiger partial charge in [-0.25, -0.2) is 4.98 Å². The minimum absolute atomic E-state index is 0.206. The first kappa shape index (κ1) is 22.9. The fourth-order valence-corrected chi connectivity index (χ4v) is 5.04.